The minimum absolute atomic E-state index is 0.0617. The minimum atomic E-state index is -0.144. The van der Waals surface area contributed by atoms with Gasteiger partial charge in [-0.1, -0.05) is 0 Å². The summed E-state index contributed by atoms with van der Waals surface area (Å²) >= 11 is 0. The second-order valence-electron chi connectivity index (χ2n) is 6.44. The number of nitrogens with zero attached hydrogens (tertiary/aromatic N) is 1. The van der Waals surface area contributed by atoms with Gasteiger partial charge in [0.1, 0.15) is 5.75 Å². The van der Waals surface area contributed by atoms with Gasteiger partial charge in [0.15, 0.2) is 0 Å². The molecule has 136 valence electrons. The normalized spacial score (nSPS) is 17.2. The highest BCUT2D eigenvalue weighted by Gasteiger charge is 2.22. The highest BCUT2D eigenvalue weighted by atomic mass is 16.5. The second-order valence-corrected chi connectivity index (χ2v) is 6.44. The van der Waals surface area contributed by atoms with Gasteiger partial charge in [-0.2, -0.15) is 0 Å². The van der Waals surface area contributed by atoms with Crippen LogP contribution in [0.3, 0.4) is 0 Å². The molecule has 2 aliphatic rings. The van der Waals surface area contributed by atoms with Crippen LogP contribution in [0, 0.1) is 5.92 Å². The standard InChI is InChI=1S/C18H25N3O4/c1-24-16-5-4-14(18(23)21-6-8-25-9-7-21)10-15(16)20-17(22)12-19-11-13-2-3-13/h4-5,10,13,19H,2-3,6-9,11-12H2,1H3,(H,20,22). The van der Waals surface area contributed by atoms with Gasteiger partial charge in [0.2, 0.25) is 5.91 Å². The lowest BCUT2D eigenvalue weighted by atomic mass is 10.1. The molecule has 7 heteroatoms. The number of carbonyl (C=O) groups is 2. The summed E-state index contributed by atoms with van der Waals surface area (Å²) in [7, 11) is 1.54. The van der Waals surface area contributed by atoms with Crippen LogP contribution in [0.1, 0.15) is 23.2 Å². The minimum Gasteiger partial charge on any atom is -0.495 e. The summed E-state index contributed by atoms with van der Waals surface area (Å²) in [6.45, 7) is 3.40. The number of nitrogens with one attached hydrogen (secondary N) is 2. The van der Waals surface area contributed by atoms with Gasteiger partial charge >= 0.3 is 0 Å². The molecule has 1 saturated heterocycles. The Balaban J connectivity index is 1.63. The monoisotopic (exact) mass is 347 g/mol. The highest BCUT2D eigenvalue weighted by molar-refractivity contribution is 5.98. The zero-order chi connectivity index (χ0) is 17.6. The molecule has 1 saturated carbocycles. The Morgan fingerprint density at radius 3 is 2.72 bits per heavy atom. The average molecular weight is 347 g/mol. The van der Waals surface area contributed by atoms with Gasteiger partial charge in [0, 0.05) is 18.7 Å². The van der Waals surface area contributed by atoms with E-state index in [0.717, 1.165) is 12.5 Å². The summed E-state index contributed by atoms with van der Waals surface area (Å²) in [4.78, 5) is 26.5. The molecular weight excluding hydrogens is 322 g/mol. The van der Waals surface area contributed by atoms with Crippen molar-refractivity contribution in [3.05, 3.63) is 23.8 Å². The van der Waals surface area contributed by atoms with Gasteiger partial charge in [-0.25, -0.2) is 0 Å². The number of hydrogen-bond acceptors (Lipinski definition) is 5. The van der Waals surface area contributed by atoms with Gasteiger partial charge in [0.05, 0.1) is 32.6 Å². The lowest BCUT2D eigenvalue weighted by Crippen LogP contribution is -2.40. The second kappa shape index (κ2) is 8.31. The van der Waals surface area contributed by atoms with Crippen LogP contribution >= 0.6 is 0 Å². The summed E-state index contributed by atoms with van der Waals surface area (Å²) in [5.41, 5.74) is 1.05. The number of benzene rings is 1. The fraction of sp³-hybridized carbons (Fsp3) is 0.556. The number of rotatable bonds is 7. The first-order valence-electron chi connectivity index (χ1n) is 8.73. The Morgan fingerprint density at radius 1 is 1.28 bits per heavy atom. The van der Waals surface area contributed by atoms with Crippen molar-refractivity contribution in [2.45, 2.75) is 12.8 Å². The summed E-state index contributed by atoms with van der Waals surface area (Å²) in [5, 5.41) is 5.98. The third-order valence-corrected chi connectivity index (χ3v) is 4.43. The van der Waals surface area contributed by atoms with E-state index >= 15 is 0 Å². The molecule has 2 amide bonds. The topological polar surface area (TPSA) is 79.9 Å². The lowest BCUT2D eigenvalue weighted by molar-refractivity contribution is -0.115. The first-order chi connectivity index (χ1) is 12.2. The molecule has 1 aliphatic heterocycles. The van der Waals surface area contributed by atoms with E-state index in [1.165, 1.54) is 12.8 Å². The largest absolute Gasteiger partial charge is 0.495 e. The smallest absolute Gasteiger partial charge is 0.254 e. The Bertz CT molecular complexity index is 625. The number of methoxy groups -OCH3 is 1. The van der Waals surface area contributed by atoms with Gasteiger partial charge in [0.25, 0.3) is 5.91 Å². The molecule has 0 atom stereocenters. The van der Waals surface area contributed by atoms with Crippen molar-refractivity contribution < 1.29 is 19.1 Å². The Hall–Kier alpha value is -2.12. The van der Waals surface area contributed by atoms with Crippen LogP contribution in [0.2, 0.25) is 0 Å². The number of ether oxygens (including phenoxy) is 2. The summed E-state index contributed by atoms with van der Waals surface area (Å²) in [5.74, 6) is 1.05. The molecule has 2 N–H and O–H groups in total. The molecule has 1 heterocycles. The van der Waals surface area contributed by atoms with E-state index in [4.69, 9.17) is 9.47 Å². The van der Waals surface area contributed by atoms with Gasteiger partial charge in [-0.3, -0.25) is 9.59 Å². The van der Waals surface area contributed by atoms with Crippen LogP contribution in [0.5, 0.6) is 5.75 Å². The van der Waals surface area contributed by atoms with E-state index < -0.39 is 0 Å². The maximum atomic E-state index is 12.6. The van der Waals surface area contributed by atoms with E-state index in [2.05, 4.69) is 10.6 Å². The molecular formula is C18H25N3O4. The zero-order valence-electron chi connectivity index (χ0n) is 14.5. The Labute approximate surface area is 147 Å². The van der Waals surface area contributed by atoms with E-state index in [-0.39, 0.29) is 18.4 Å². The van der Waals surface area contributed by atoms with Crippen molar-refractivity contribution in [3.8, 4) is 5.75 Å². The average Bonchev–Trinajstić information content (AvgIpc) is 3.46. The fourth-order valence-corrected chi connectivity index (χ4v) is 2.79. The molecule has 0 aromatic heterocycles. The number of carbonyl (C=O) groups excluding carboxylic acids is 2. The van der Waals surface area contributed by atoms with E-state index in [9.17, 15) is 9.59 Å². The van der Waals surface area contributed by atoms with Crippen molar-refractivity contribution in [2.75, 3.05) is 51.8 Å². The third-order valence-electron chi connectivity index (χ3n) is 4.43. The van der Waals surface area contributed by atoms with Crippen LogP contribution < -0.4 is 15.4 Å². The van der Waals surface area contributed by atoms with Crippen LogP contribution in [-0.4, -0.2) is 63.2 Å². The molecule has 0 unspecified atom stereocenters. The van der Waals surface area contributed by atoms with Crippen molar-refractivity contribution in [1.29, 1.82) is 0 Å². The maximum Gasteiger partial charge on any atom is 0.254 e. The lowest BCUT2D eigenvalue weighted by Gasteiger charge is -2.27. The molecule has 0 radical (unpaired) electrons. The van der Waals surface area contributed by atoms with Crippen molar-refractivity contribution in [1.82, 2.24) is 10.2 Å². The number of amides is 2. The summed E-state index contributed by atoms with van der Waals surface area (Å²) < 4.78 is 10.6. The predicted octanol–water partition coefficient (Wildman–Crippen LogP) is 1.11. The fourth-order valence-electron chi connectivity index (χ4n) is 2.79. The Kier molecular flexibility index (Phi) is 5.88. The van der Waals surface area contributed by atoms with Crippen molar-refractivity contribution in [3.63, 3.8) is 0 Å². The van der Waals surface area contributed by atoms with Crippen LogP contribution in [0.25, 0.3) is 0 Å². The molecule has 3 rings (SSSR count). The zero-order valence-corrected chi connectivity index (χ0v) is 14.5. The van der Waals surface area contributed by atoms with E-state index in [0.29, 0.717) is 43.3 Å². The predicted molar refractivity (Wildman–Crippen MR) is 93.9 cm³/mol. The van der Waals surface area contributed by atoms with Gasteiger partial charge < -0.3 is 25.0 Å². The molecule has 0 bridgehead atoms. The van der Waals surface area contributed by atoms with Crippen LogP contribution in [0.4, 0.5) is 5.69 Å². The molecule has 2 fully saturated rings. The quantitative estimate of drug-likeness (QED) is 0.772. The first-order valence-corrected chi connectivity index (χ1v) is 8.73. The van der Waals surface area contributed by atoms with Crippen molar-refractivity contribution in [2.24, 2.45) is 5.92 Å². The molecule has 1 aromatic rings. The third kappa shape index (κ3) is 4.93. The maximum absolute atomic E-state index is 12.6. The SMILES string of the molecule is COc1ccc(C(=O)N2CCOCC2)cc1NC(=O)CNCC1CC1. The first kappa shape index (κ1) is 17.7. The number of morpholine rings is 1. The molecule has 1 aliphatic carbocycles. The molecule has 1 aromatic carbocycles. The van der Waals surface area contributed by atoms with E-state index in [1.54, 1.807) is 30.2 Å². The van der Waals surface area contributed by atoms with Gasteiger partial charge in [-0.15, -0.1) is 0 Å². The molecule has 7 nitrogen and oxygen atoms in total. The number of hydrogen-bond donors (Lipinski definition) is 2. The van der Waals surface area contributed by atoms with Gasteiger partial charge in [-0.05, 0) is 43.5 Å². The molecule has 25 heavy (non-hydrogen) atoms. The Morgan fingerprint density at radius 2 is 2.04 bits per heavy atom. The number of anilines is 1. The van der Waals surface area contributed by atoms with Crippen LogP contribution in [-0.2, 0) is 9.53 Å². The van der Waals surface area contributed by atoms with Crippen LogP contribution in [0.15, 0.2) is 18.2 Å². The highest BCUT2D eigenvalue weighted by Crippen LogP contribution is 2.28. The van der Waals surface area contributed by atoms with E-state index in [1.807, 2.05) is 0 Å². The summed E-state index contributed by atoms with van der Waals surface area (Å²) in [6, 6.07) is 5.11. The van der Waals surface area contributed by atoms with Crippen molar-refractivity contribution >= 4 is 17.5 Å². The summed E-state index contributed by atoms with van der Waals surface area (Å²) in [6.07, 6.45) is 2.49. The molecule has 0 spiro atoms.